The van der Waals surface area contributed by atoms with Gasteiger partial charge in [0.2, 0.25) is 0 Å². The number of hydrogen-bond acceptors (Lipinski definition) is 6. The number of fused-ring (bicyclic) bond motifs is 1. The molecule has 0 aromatic carbocycles. The van der Waals surface area contributed by atoms with Crippen molar-refractivity contribution in [2.24, 2.45) is 0 Å². The first-order chi connectivity index (χ1) is 9.48. The molecule has 2 aromatic rings. The fourth-order valence-corrected chi connectivity index (χ4v) is 3.84. The van der Waals surface area contributed by atoms with Crippen molar-refractivity contribution in [2.75, 3.05) is 29.5 Å². The number of rotatable bonds is 1. The number of halogens is 1. The summed E-state index contributed by atoms with van der Waals surface area (Å²) in [5.41, 5.74) is 0.781. The van der Waals surface area contributed by atoms with Crippen LogP contribution in [-0.2, 0) is 9.84 Å². The SMILES string of the molecule is Cc1c(Cl)nc2ncnn2c1N1CCCS(=O)(=O)CC1. The molecule has 3 heterocycles. The Morgan fingerprint density at radius 1 is 1.30 bits per heavy atom. The van der Waals surface area contributed by atoms with E-state index in [4.69, 9.17) is 11.6 Å². The van der Waals surface area contributed by atoms with Crippen molar-refractivity contribution < 1.29 is 8.42 Å². The molecular weight excluding hydrogens is 302 g/mol. The summed E-state index contributed by atoms with van der Waals surface area (Å²) in [6.07, 6.45) is 2.01. The maximum atomic E-state index is 11.7. The van der Waals surface area contributed by atoms with Crippen LogP contribution in [0.2, 0.25) is 5.15 Å². The molecule has 9 heteroatoms. The van der Waals surface area contributed by atoms with Gasteiger partial charge in [-0.1, -0.05) is 11.6 Å². The smallest absolute Gasteiger partial charge is 0.255 e. The minimum atomic E-state index is -2.96. The van der Waals surface area contributed by atoms with Gasteiger partial charge in [0.25, 0.3) is 5.78 Å². The topological polar surface area (TPSA) is 80.5 Å². The molecule has 0 atom stereocenters. The molecule has 108 valence electrons. The van der Waals surface area contributed by atoms with Crippen LogP contribution < -0.4 is 4.90 Å². The maximum absolute atomic E-state index is 11.7. The quantitative estimate of drug-likeness (QED) is 0.721. The molecule has 3 rings (SSSR count). The van der Waals surface area contributed by atoms with E-state index in [2.05, 4.69) is 15.1 Å². The standard InChI is InChI=1S/C11H14ClN5O2S/c1-8-9(12)15-11-13-7-14-17(11)10(8)16-3-2-5-20(18,19)6-4-16/h7H,2-6H2,1H3. The third kappa shape index (κ3) is 2.33. The summed E-state index contributed by atoms with van der Waals surface area (Å²) in [7, 11) is -2.96. The Morgan fingerprint density at radius 2 is 2.10 bits per heavy atom. The molecule has 1 aliphatic heterocycles. The van der Waals surface area contributed by atoms with Gasteiger partial charge in [0.15, 0.2) is 9.84 Å². The Morgan fingerprint density at radius 3 is 2.90 bits per heavy atom. The van der Waals surface area contributed by atoms with Crippen LogP contribution in [0.1, 0.15) is 12.0 Å². The minimum absolute atomic E-state index is 0.141. The summed E-state index contributed by atoms with van der Waals surface area (Å²) in [5, 5.41) is 4.52. The van der Waals surface area contributed by atoms with Crippen molar-refractivity contribution in [3.05, 3.63) is 17.0 Å². The fraction of sp³-hybridized carbons (Fsp3) is 0.545. The van der Waals surface area contributed by atoms with Crippen molar-refractivity contribution in [3.8, 4) is 0 Å². The van der Waals surface area contributed by atoms with E-state index in [1.807, 2.05) is 11.8 Å². The molecule has 1 saturated heterocycles. The lowest BCUT2D eigenvalue weighted by Gasteiger charge is -2.24. The van der Waals surface area contributed by atoms with Gasteiger partial charge >= 0.3 is 0 Å². The van der Waals surface area contributed by atoms with E-state index in [1.165, 1.54) is 6.33 Å². The van der Waals surface area contributed by atoms with E-state index in [0.717, 1.165) is 11.4 Å². The molecule has 20 heavy (non-hydrogen) atoms. The van der Waals surface area contributed by atoms with Gasteiger partial charge in [-0.2, -0.15) is 19.6 Å². The van der Waals surface area contributed by atoms with Crippen molar-refractivity contribution in [1.29, 1.82) is 0 Å². The zero-order valence-electron chi connectivity index (χ0n) is 11.0. The molecule has 0 spiro atoms. The highest BCUT2D eigenvalue weighted by atomic mass is 35.5. The largest absolute Gasteiger partial charge is 0.355 e. The third-order valence-electron chi connectivity index (χ3n) is 3.43. The Kier molecular flexibility index (Phi) is 3.29. The van der Waals surface area contributed by atoms with Crippen LogP contribution in [0.25, 0.3) is 5.78 Å². The monoisotopic (exact) mass is 315 g/mol. The molecule has 0 aliphatic carbocycles. The number of sulfone groups is 1. The molecule has 0 radical (unpaired) electrons. The number of aromatic nitrogens is 4. The lowest BCUT2D eigenvalue weighted by Crippen LogP contribution is -2.30. The van der Waals surface area contributed by atoms with E-state index in [1.54, 1.807) is 4.52 Å². The molecule has 1 fully saturated rings. The van der Waals surface area contributed by atoms with Gasteiger partial charge in [0, 0.05) is 18.7 Å². The molecule has 0 amide bonds. The van der Waals surface area contributed by atoms with Crippen LogP contribution >= 0.6 is 11.6 Å². The predicted molar refractivity (Wildman–Crippen MR) is 76.0 cm³/mol. The first-order valence-electron chi connectivity index (χ1n) is 6.29. The van der Waals surface area contributed by atoms with Gasteiger partial charge in [0.1, 0.15) is 17.3 Å². The van der Waals surface area contributed by atoms with E-state index in [9.17, 15) is 8.42 Å². The zero-order chi connectivity index (χ0) is 14.3. The zero-order valence-corrected chi connectivity index (χ0v) is 12.5. The molecule has 2 aromatic heterocycles. The molecule has 0 N–H and O–H groups in total. The van der Waals surface area contributed by atoms with E-state index in [-0.39, 0.29) is 11.5 Å². The minimum Gasteiger partial charge on any atom is -0.355 e. The first-order valence-corrected chi connectivity index (χ1v) is 8.49. The van der Waals surface area contributed by atoms with E-state index >= 15 is 0 Å². The lowest BCUT2D eigenvalue weighted by molar-refractivity contribution is 0.597. The second kappa shape index (κ2) is 4.85. The average molecular weight is 316 g/mol. The van der Waals surface area contributed by atoms with E-state index in [0.29, 0.717) is 30.4 Å². The van der Waals surface area contributed by atoms with Crippen molar-refractivity contribution in [3.63, 3.8) is 0 Å². The van der Waals surface area contributed by atoms with Crippen LogP contribution in [0, 0.1) is 6.92 Å². The van der Waals surface area contributed by atoms with Gasteiger partial charge in [0.05, 0.1) is 11.5 Å². The second-order valence-corrected chi connectivity index (χ2v) is 7.48. The lowest BCUT2D eigenvalue weighted by atomic mass is 10.3. The van der Waals surface area contributed by atoms with Crippen LogP contribution in [-0.4, -0.2) is 52.6 Å². The van der Waals surface area contributed by atoms with Crippen LogP contribution in [0.5, 0.6) is 0 Å². The predicted octanol–water partition coefficient (Wildman–Crippen LogP) is 0.711. The van der Waals surface area contributed by atoms with Crippen molar-refractivity contribution in [1.82, 2.24) is 19.6 Å². The highest BCUT2D eigenvalue weighted by molar-refractivity contribution is 7.91. The summed E-state index contributed by atoms with van der Waals surface area (Å²) in [6, 6.07) is 0. The Balaban J connectivity index is 2.09. The summed E-state index contributed by atoms with van der Waals surface area (Å²) in [4.78, 5) is 10.2. The van der Waals surface area contributed by atoms with Crippen molar-refractivity contribution in [2.45, 2.75) is 13.3 Å². The first kappa shape index (κ1) is 13.6. The van der Waals surface area contributed by atoms with Gasteiger partial charge in [-0.05, 0) is 13.3 Å². The summed E-state index contributed by atoms with van der Waals surface area (Å²) >= 11 is 6.13. The van der Waals surface area contributed by atoms with Crippen LogP contribution in [0.4, 0.5) is 5.82 Å². The maximum Gasteiger partial charge on any atom is 0.255 e. The van der Waals surface area contributed by atoms with E-state index < -0.39 is 9.84 Å². The Labute approximate surface area is 121 Å². The highest BCUT2D eigenvalue weighted by Crippen LogP contribution is 2.26. The third-order valence-corrected chi connectivity index (χ3v) is 5.51. The van der Waals surface area contributed by atoms with Gasteiger partial charge in [-0.15, -0.1) is 0 Å². The Bertz CT molecular complexity index is 758. The Hall–Kier alpha value is -1.41. The van der Waals surface area contributed by atoms with Gasteiger partial charge in [-0.25, -0.2) is 8.42 Å². The highest BCUT2D eigenvalue weighted by Gasteiger charge is 2.23. The molecular formula is C11H14ClN5O2S. The number of hydrogen-bond donors (Lipinski definition) is 0. The normalized spacial score (nSPS) is 19.2. The van der Waals surface area contributed by atoms with Crippen LogP contribution in [0.3, 0.4) is 0 Å². The molecule has 7 nitrogen and oxygen atoms in total. The summed E-state index contributed by atoms with van der Waals surface area (Å²) in [6.45, 7) is 2.93. The molecule has 0 unspecified atom stereocenters. The molecule has 0 bridgehead atoms. The second-order valence-electron chi connectivity index (χ2n) is 4.82. The number of anilines is 1. The molecule has 1 aliphatic rings. The van der Waals surface area contributed by atoms with Crippen LogP contribution in [0.15, 0.2) is 6.33 Å². The number of nitrogens with zero attached hydrogens (tertiary/aromatic N) is 5. The molecule has 0 saturated carbocycles. The summed E-state index contributed by atoms with van der Waals surface area (Å²) in [5.74, 6) is 1.56. The summed E-state index contributed by atoms with van der Waals surface area (Å²) < 4.78 is 25.0. The van der Waals surface area contributed by atoms with Gasteiger partial charge in [-0.3, -0.25) is 0 Å². The fourth-order valence-electron chi connectivity index (χ4n) is 2.41. The average Bonchev–Trinajstić information content (AvgIpc) is 2.75. The van der Waals surface area contributed by atoms with Gasteiger partial charge < -0.3 is 4.90 Å². The van der Waals surface area contributed by atoms with Crippen molar-refractivity contribution >= 4 is 33.0 Å².